The first kappa shape index (κ1) is 25.0. The molecule has 2 amide bonds. The van der Waals surface area contributed by atoms with Crippen molar-refractivity contribution in [3.8, 4) is 5.75 Å². The lowest BCUT2D eigenvalue weighted by Gasteiger charge is -2.32. The smallest absolute Gasteiger partial charge is 0.261 e. The number of aryl methyl sites for hydroxylation is 1. The van der Waals surface area contributed by atoms with Crippen molar-refractivity contribution >= 4 is 11.8 Å². The summed E-state index contributed by atoms with van der Waals surface area (Å²) in [5, 5.41) is 3.08. The average molecular weight is 459 g/mol. The van der Waals surface area contributed by atoms with E-state index in [4.69, 9.17) is 4.74 Å². The van der Waals surface area contributed by atoms with E-state index < -0.39 is 6.04 Å². The minimum absolute atomic E-state index is 0.0167. The van der Waals surface area contributed by atoms with Crippen LogP contribution in [0.15, 0.2) is 84.9 Å². The Kier molecular flexibility index (Phi) is 9.27. The highest BCUT2D eigenvalue weighted by Gasteiger charge is 2.31. The van der Waals surface area contributed by atoms with E-state index in [1.807, 2.05) is 106 Å². The summed E-state index contributed by atoms with van der Waals surface area (Å²) in [5.41, 5.74) is 3.01. The molecule has 0 aliphatic carbocycles. The van der Waals surface area contributed by atoms with Gasteiger partial charge in [0.25, 0.3) is 5.91 Å². The van der Waals surface area contributed by atoms with E-state index in [9.17, 15) is 9.59 Å². The van der Waals surface area contributed by atoms with Gasteiger partial charge in [-0.05, 0) is 49.1 Å². The third-order valence-corrected chi connectivity index (χ3v) is 5.82. The van der Waals surface area contributed by atoms with Gasteiger partial charge in [-0.25, -0.2) is 0 Å². The zero-order valence-electron chi connectivity index (χ0n) is 20.2. The zero-order valence-corrected chi connectivity index (χ0v) is 20.2. The van der Waals surface area contributed by atoms with E-state index in [2.05, 4.69) is 5.32 Å². The van der Waals surface area contributed by atoms with Gasteiger partial charge in [-0.1, -0.05) is 79.7 Å². The van der Waals surface area contributed by atoms with Gasteiger partial charge in [-0.2, -0.15) is 0 Å². The number of ether oxygens (including phenoxy) is 1. The summed E-state index contributed by atoms with van der Waals surface area (Å²) < 4.78 is 5.83. The Hall–Kier alpha value is -3.60. The third kappa shape index (κ3) is 7.48. The summed E-state index contributed by atoms with van der Waals surface area (Å²) in [6.07, 6.45) is 1.24. The van der Waals surface area contributed by atoms with Gasteiger partial charge in [0, 0.05) is 19.0 Å². The van der Waals surface area contributed by atoms with Gasteiger partial charge in [-0.15, -0.1) is 0 Å². The van der Waals surface area contributed by atoms with Gasteiger partial charge in [-0.3, -0.25) is 9.59 Å². The largest absolute Gasteiger partial charge is 0.484 e. The molecule has 0 aliphatic rings. The molecular formula is C29H34N2O3. The molecule has 0 saturated heterocycles. The number of carbonyl (C=O) groups excluding carboxylic acids is 2. The Labute approximate surface area is 202 Å². The average Bonchev–Trinajstić information content (AvgIpc) is 2.85. The number of nitrogens with zero attached hydrogens (tertiary/aromatic N) is 1. The van der Waals surface area contributed by atoms with E-state index >= 15 is 0 Å². The maximum Gasteiger partial charge on any atom is 0.261 e. The Morgan fingerprint density at radius 3 is 2.18 bits per heavy atom. The number of nitrogens with one attached hydrogen (secondary N) is 1. The van der Waals surface area contributed by atoms with Gasteiger partial charge in [0.15, 0.2) is 6.61 Å². The van der Waals surface area contributed by atoms with Crippen molar-refractivity contribution in [3.05, 3.63) is 102 Å². The highest BCUT2D eigenvalue weighted by atomic mass is 16.5. The molecule has 0 aromatic heterocycles. The highest BCUT2D eigenvalue weighted by Crippen LogP contribution is 2.17. The minimum Gasteiger partial charge on any atom is -0.484 e. The first-order chi connectivity index (χ1) is 16.5. The fourth-order valence-corrected chi connectivity index (χ4v) is 3.71. The standard InChI is InChI=1S/C29H34N2O3/c1-4-23(3)30-29(33)27(19-24-13-7-5-8-14-24)31(20-25-15-9-6-10-16-25)28(32)21-34-26-17-11-12-22(2)18-26/h5-18,23,27H,4,19-21H2,1-3H3,(H,30,33)/t23-,27-/m0/s1. The number of rotatable bonds is 11. The summed E-state index contributed by atoms with van der Waals surface area (Å²) in [6, 6.07) is 26.5. The molecular weight excluding hydrogens is 424 g/mol. The molecule has 0 bridgehead atoms. The fraction of sp³-hybridized carbons (Fsp3) is 0.310. The SMILES string of the molecule is CC[C@H](C)NC(=O)[C@H](Cc1ccccc1)N(Cc1ccccc1)C(=O)COc1cccc(C)c1. The third-order valence-electron chi connectivity index (χ3n) is 5.82. The summed E-state index contributed by atoms with van der Waals surface area (Å²) in [4.78, 5) is 28.6. The fourth-order valence-electron chi connectivity index (χ4n) is 3.71. The molecule has 3 aromatic carbocycles. The van der Waals surface area contributed by atoms with Crippen molar-refractivity contribution in [1.29, 1.82) is 0 Å². The maximum absolute atomic E-state index is 13.5. The van der Waals surface area contributed by atoms with Crippen LogP contribution in [0.4, 0.5) is 0 Å². The molecule has 5 nitrogen and oxygen atoms in total. The van der Waals surface area contributed by atoms with Crippen molar-refractivity contribution in [2.75, 3.05) is 6.61 Å². The van der Waals surface area contributed by atoms with E-state index in [1.54, 1.807) is 4.90 Å². The summed E-state index contributed by atoms with van der Waals surface area (Å²) in [5.74, 6) is 0.250. The van der Waals surface area contributed by atoms with Gasteiger partial charge in [0.1, 0.15) is 11.8 Å². The van der Waals surface area contributed by atoms with Crippen molar-refractivity contribution in [2.24, 2.45) is 0 Å². The molecule has 0 unspecified atom stereocenters. The van der Waals surface area contributed by atoms with Crippen LogP contribution in [0.25, 0.3) is 0 Å². The molecule has 1 N–H and O–H groups in total. The molecule has 2 atom stereocenters. The molecule has 3 aromatic rings. The second-order valence-electron chi connectivity index (χ2n) is 8.64. The molecule has 0 saturated carbocycles. The topological polar surface area (TPSA) is 58.6 Å². The van der Waals surface area contributed by atoms with Crippen molar-refractivity contribution in [1.82, 2.24) is 10.2 Å². The van der Waals surface area contributed by atoms with Crippen LogP contribution in [0.2, 0.25) is 0 Å². The molecule has 0 radical (unpaired) electrons. The van der Waals surface area contributed by atoms with Crippen molar-refractivity contribution < 1.29 is 14.3 Å². The molecule has 0 spiro atoms. The van der Waals surface area contributed by atoms with E-state index in [-0.39, 0.29) is 24.5 Å². The zero-order chi connectivity index (χ0) is 24.3. The number of amides is 2. The molecule has 3 rings (SSSR count). The second-order valence-corrected chi connectivity index (χ2v) is 8.64. The Balaban J connectivity index is 1.89. The van der Waals surface area contributed by atoms with Crippen LogP contribution in [0, 0.1) is 6.92 Å². The molecule has 0 aliphatic heterocycles. The van der Waals surface area contributed by atoms with Crippen molar-refractivity contribution in [3.63, 3.8) is 0 Å². The van der Waals surface area contributed by atoms with E-state index in [0.29, 0.717) is 18.7 Å². The summed E-state index contributed by atoms with van der Waals surface area (Å²) in [7, 11) is 0. The predicted molar refractivity (Wildman–Crippen MR) is 135 cm³/mol. The normalized spacial score (nSPS) is 12.4. The Bertz CT molecular complexity index is 1050. The van der Waals surface area contributed by atoms with Crippen molar-refractivity contribution in [2.45, 2.75) is 52.2 Å². The quantitative estimate of drug-likeness (QED) is 0.443. The highest BCUT2D eigenvalue weighted by molar-refractivity contribution is 5.88. The van der Waals surface area contributed by atoms with Crippen LogP contribution in [0.5, 0.6) is 5.75 Å². The molecule has 0 fully saturated rings. The monoisotopic (exact) mass is 458 g/mol. The van der Waals surface area contributed by atoms with Crippen LogP contribution in [-0.2, 0) is 22.6 Å². The maximum atomic E-state index is 13.5. The minimum atomic E-state index is -0.662. The van der Waals surface area contributed by atoms with Crippen LogP contribution in [0.1, 0.15) is 37.0 Å². The van der Waals surface area contributed by atoms with Gasteiger partial charge in [0.05, 0.1) is 0 Å². The van der Waals surface area contributed by atoms with Crippen LogP contribution >= 0.6 is 0 Å². The molecule has 0 heterocycles. The first-order valence-corrected chi connectivity index (χ1v) is 11.8. The number of benzene rings is 3. The molecule has 34 heavy (non-hydrogen) atoms. The summed E-state index contributed by atoms with van der Waals surface area (Å²) >= 11 is 0. The number of hydrogen-bond acceptors (Lipinski definition) is 3. The molecule has 5 heteroatoms. The lowest BCUT2D eigenvalue weighted by molar-refractivity contribution is -0.143. The second kappa shape index (κ2) is 12.6. The van der Waals surface area contributed by atoms with Gasteiger partial charge < -0.3 is 15.0 Å². The lowest BCUT2D eigenvalue weighted by atomic mass is 10.0. The summed E-state index contributed by atoms with van der Waals surface area (Å²) in [6.45, 7) is 6.16. The van der Waals surface area contributed by atoms with Gasteiger partial charge >= 0.3 is 0 Å². The van der Waals surface area contributed by atoms with E-state index in [1.165, 1.54) is 0 Å². The first-order valence-electron chi connectivity index (χ1n) is 11.8. The number of carbonyl (C=O) groups is 2. The lowest BCUT2D eigenvalue weighted by Crippen LogP contribution is -2.53. The van der Waals surface area contributed by atoms with Gasteiger partial charge in [0.2, 0.25) is 5.91 Å². The van der Waals surface area contributed by atoms with Crippen LogP contribution in [-0.4, -0.2) is 35.4 Å². The molecule has 178 valence electrons. The predicted octanol–water partition coefficient (Wildman–Crippen LogP) is 4.93. The van der Waals surface area contributed by atoms with Crippen LogP contribution < -0.4 is 10.1 Å². The Morgan fingerprint density at radius 2 is 1.56 bits per heavy atom. The van der Waals surface area contributed by atoms with Crippen LogP contribution in [0.3, 0.4) is 0 Å². The van der Waals surface area contributed by atoms with E-state index in [0.717, 1.165) is 23.1 Å². The Morgan fingerprint density at radius 1 is 0.912 bits per heavy atom. The number of hydrogen-bond donors (Lipinski definition) is 1.